The van der Waals surface area contributed by atoms with Crippen molar-refractivity contribution in [3.63, 3.8) is 0 Å². The van der Waals surface area contributed by atoms with Gasteiger partial charge in [-0.3, -0.25) is 9.59 Å². The van der Waals surface area contributed by atoms with Gasteiger partial charge >= 0.3 is 6.97 Å². The first kappa shape index (κ1) is 32.3. The maximum Gasteiger partial charge on any atom is 0.737 e. The molecule has 4 rings (SSSR count). The number of carbonyl (C=O) groups is 2. The summed E-state index contributed by atoms with van der Waals surface area (Å²) >= 11 is 6.85. The third-order valence-corrected chi connectivity index (χ3v) is 10.2. The van der Waals surface area contributed by atoms with Crippen LogP contribution in [0.3, 0.4) is 0 Å². The van der Waals surface area contributed by atoms with Crippen LogP contribution in [0.15, 0.2) is 55.5 Å². The molecule has 2 aliphatic heterocycles. The quantitative estimate of drug-likeness (QED) is 0.217. The van der Waals surface area contributed by atoms with E-state index in [4.69, 9.17) is 5.14 Å². The number of nitrogens with zero attached hydrogens (tertiary/aromatic N) is 2. The molecule has 0 fully saturated rings. The molecule has 0 bridgehead atoms. The third kappa shape index (κ3) is 6.79. The van der Waals surface area contributed by atoms with Crippen LogP contribution in [-0.2, 0) is 21.2 Å². The average molecular weight is 731 g/mol. The Labute approximate surface area is 260 Å². The highest BCUT2D eigenvalue weighted by Gasteiger charge is 2.54. The summed E-state index contributed by atoms with van der Waals surface area (Å²) in [6.07, 6.45) is 5.17. The van der Waals surface area contributed by atoms with Crippen LogP contribution >= 0.6 is 31.9 Å². The van der Waals surface area contributed by atoms with Gasteiger partial charge in [-0.1, -0.05) is 12.8 Å². The molecular weight excluding hydrogens is 699 g/mol. The molecule has 2 amide bonds. The van der Waals surface area contributed by atoms with Gasteiger partial charge in [-0.05, 0) is 88.4 Å². The van der Waals surface area contributed by atoms with Crippen LogP contribution in [0.25, 0.3) is 6.08 Å². The van der Waals surface area contributed by atoms with E-state index in [0.717, 1.165) is 40.2 Å². The SMILES string of the molecule is CC1=C(Br)C(C)=[N+]2C1=Cc1cc(Br)c(CCC(=O)NCCCCCCNC(=O)c3ccc(S(N)(=O)=O)cc3)n1[B-]2(F)F. The van der Waals surface area contributed by atoms with E-state index in [2.05, 4.69) is 42.5 Å². The molecule has 1 aromatic carbocycles. The first-order chi connectivity index (χ1) is 19.7. The normalized spacial score (nSPS) is 15.8. The number of rotatable bonds is 12. The number of unbranched alkanes of at least 4 members (excludes halogenated alkanes) is 3. The van der Waals surface area contributed by atoms with Gasteiger partial charge in [-0.2, -0.15) is 0 Å². The number of fused-ring (bicyclic) bond motifs is 2. The number of carbonyl (C=O) groups excluding carboxylic acids is 2. The van der Waals surface area contributed by atoms with Crippen molar-refractivity contribution in [3.05, 3.63) is 67.5 Å². The molecule has 0 saturated heterocycles. The minimum atomic E-state index is -4.13. The lowest BCUT2D eigenvalue weighted by Gasteiger charge is -2.31. The Kier molecular flexibility index (Phi) is 9.95. The van der Waals surface area contributed by atoms with Crippen LogP contribution in [0, 0.1) is 0 Å². The molecule has 9 nitrogen and oxygen atoms in total. The Morgan fingerprint density at radius 3 is 2.26 bits per heavy atom. The second-order valence-corrected chi connectivity index (χ2v) is 13.5. The van der Waals surface area contributed by atoms with Gasteiger partial charge in [0.05, 0.1) is 9.38 Å². The van der Waals surface area contributed by atoms with Crippen molar-refractivity contribution in [2.75, 3.05) is 13.1 Å². The fourth-order valence-corrected chi connectivity index (χ4v) is 6.74. The molecule has 0 unspecified atom stereocenters. The van der Waals surface area contributed by atoms with Gasteiger partial charge in [0.25, 0.3) is 5.91 Å². The summed E-state index contributed by atoms with van der Waals surface area (Å²) in [7, 11) is -3.81. The monoisotopic (exact) mass is 729 g/mol. The van der Waals surface area contributed by atoms with Gasteiger partial charge in [0.1, 0.15) is 5.71 Å². The van der Waals surface area contributed by atoms with E-state index in [9.17, 15) is 18.0 Å². The van der Waals surface area contributed by atoms with E-state index in [1.807, 2.05) is 6.92 Å². The van der Waals surface area contributed by atoms with Crippen molar-refractivity contribution in [2.24, 2.45) is 5.14 Å². The van der Waals surface area contributed by atoms with Crippen molar-refractivity contribution >= 4 is 72.5 Å². The zero-order valence-electron chi connectivity index (χ0n) is 23.2. The first-order valence-electron chi connectivity index (χ1n) is 13.5. The van der Waals surface area contributed by atoms with E-state index in [-0.39, 0.29) is 29.6 Å². The molecular formula is C27H32BBr2F2N5O4S. The summed E-state index contributed by atoms with van der Waals surface area (Å²) in [6, 6.07) is 7.07. The minimum Gasteiger partial charge on any atom is -0.393 e. The molecule has 0 saturated carbocycles. The molecule has 0 radical (unpaired) electrons. The summed E-state index contributed by atoms with van der Waals surface area (Å²) in [6.45, 7) is 0.284. The van der Waals surface area contributed by atoms with Crippen LogP contribution < -0.4 is 15.8 Å². The van der Waals surface area contributed by atoms with Crippen molar-refractivity contribution < 1.29 is 31.1 Å². The Bertz CT molecular complexity index is 1620. The van der Waals surface area contributed by atoms with Gasteiger partial charge in [-0.25, -0.2) is 13.6 Å². The van der Waals surface area contributed by atoms with Gasteiger partial charge in [0.2, 0.25) is 15.9 Å². The second-order valence-electron chi connectivity index (χ2n) is 10.3. The van der Waals surface area contributed by atoms with Gasteiger partial charge in [-0.15, -0.1) is 0 Å². The van der Waals surface area contributed by atoms with Crippen molar-refractivity contribution in [2.45, 2.75) is 57.3 Å². The van der Waals surface area contributed by atoms with Crippen molar-refractivity contribution in [3.8, 4) is 0 Å². The first-order valence-corrected chi connectivity index (χ1v) is 16.7. The van der Waals surface area contributed by atoms with Crippen molar-refractivity contribution in [1.82, 2.24) is 15.1 Å². The average Bonchev–Trinajstić information content (AvgIpc) is 3.37. The summed E-state index contributed by atoms with van der Waals surface area (Å²) in [5.74, 6) is -0.506. The molecule has 1 aromatic heterocycles. The standard InChI is InChI=1S/C27H32BBr2F2N5O4S/c1-17-24-16-20-15-22(29)23(37(20)28(31,32)36(24)18(2)26(17)30)11-12-25(38)34-13-5-3-4-6-14-35-27(39)19-7-9-21(10-8-19)42(33,40)41/h7-10,15-16H,3-6,11-14H2,1-2H3,(H,34,38)(H,35,39)(H2,33,40,41). The predicted molar refractivity (Wildman–Crippen MR) is 166 cm³/mol. The van der Waals surface area contributed by atoms with E-state index in [0.29, 0.717) is 50.4 Å². The van der Waals surface area contributed by atoms with Crippen LogP contribution in [-0.4, -0.2) is 55.0 Å². The predicted octanol–water partition coefficient (Wildman–Crippen LogP) is 4.67. The maximum absolute atomic E-state index is 15.8. The van der Waals surface area contributed by atoms with E-state index >= 15 is 8.63 Å². The summed E-state index contributed by atoms with van der Waals surface area (Å²) in [5.41, 5.74) is 2.83. The van der Waals surface area contributed by atoms with E-state index in [1.165, 1.54) is 24.3 Å². The van der Waals surface area contributed by atoms with Gasteiger partial charge < -0.3 is 28.2 Å². The van der Waals surface area contributed by atoms with Crippen molar-refractivity contribution in [1.29, 1.82) is 0 Å². The number of amides is 2. The molecule has 3 heterocycles. The number of nitrogens with two attached hydrogens (primary N) is 1. The molecule has 2 aromatic rings. The Balaban J connectivity index is 1.17. The Morgan fingerprint density at radius 2 is 1.64 bits per heavy atom. The number of halogens is 4. The van der Waals surface area contributed by atoms with E-state index < -0.39 is 17.0 Å². The number of hydrogen-bond acceptors (Lipinski definition) is 4. The van der Waals surface area contributed by atoms with Crippen LogP contribution in [0.5, 0.6) is 0 Å². The van der Waals surface area contributed by atoms with Crippen LogP contribution in [0.4, 0.5) is 8.63 Å². The lowest BCUT2D eigenvalue weighted by atomic mass is 9.89. The zero-order chi connectivity index (χ0) is 30.8. The molecule has 2 aliphatic rings. The number of sulfonamides is 1. The van der Waals surface area contributed by atoms with Gasteiger partial charge in [0, 0.05) is 59.5 Å². The molecule has 0 aliphatic carbocycles. The molecule has 226 valence electrons. The fourth-order valence-electron chi connectivity index (χ4n) is 5.21. The molecule has 0 spiro atoms. The smallest absolute Gasteiger partial charge is 0.393 e. The largest absolute Gasteiger partial charge is 0.737 e. The minimum absolute atomic E-state index is 0.0571. The Hall–Kier alpha value is -2.62. The second kappa shape index (κ2) is 12.9. The zero-order valence-corrected chi connectivity index (χ0v) is 27.2. The number of primary sulfonamides is 1. The molecule has 4 N–H and O–H groups in total. The number of benzene rings is 1. The lowest BCUT2D eigenvalue weighted by Crippen LogP contribution is -2.50. The van der Waals surface area contributed by atoms with Gasteiger partial charge in [0.15, 0.2) is 5.70 Å². The highest BCUT2D eigenvalue weighted by atomic mass is 79.9. The molecule has 0 atom stereocenters. The lowest BCUT2D eigenvalue weighted by molar-refractivity contribution is -0.363. The summed E-state index contributed by atoms with van der Waals surface area (Å²) in [5, 5.41) is 10.7. The van der Waals surface area contributed by atoms with Crippen LogP contribution in [0.2, 0.25) is 0 Å². The summed E-state index contributed by atoms with van der Waals surface area (Å²) in [4.78, 5) is 24.6. The molecule has 42 heavy (non-hydrogen) atoms. The Morgan fingerprint density at radius 1 is 1.02 bits per heavy atom. The fraction of sp³-hybridized carbons (Fsp3) is 0.370. The highest BCUT2D eigenvalue weighted by molar-refractivity contribution is 9.12. The third-order valence-electron chi connectivity index (χ3n) is 7.42. The number of aromatic nitrogens is 1. The van der Waals surface area contributed by atoms with E-state index in [1.54, 1.807) is 19.1 Å². The number of nitrogens with one attached hydrogen (secondary N) is 2. The van der Waals surface area contributed by atoms with Crippen LogP contribution in [0.1, 0.15) is 67.7 Å². The highest BCUT2D eigenvalue weighted by Crippen LogP contribution is 2.41. The number of hydrogen-bond donors (Lipinski definition) is 3. The molecule has 15 heteroatoms. The topological polar surface area (TPSA) is 126 Å². The number of allylic oxidation sites excluding steroid dienone is 2. The maximum atomic E-state index is 15.8. The summed E-state index contributed by atoms with van der Waals surface area (Å²) < 4.78 is 57.5.